The zero-order valence-corrected chi connectivity index (χ0v) is 14.7. The van der Waals surface area contributed by atoms with Crippen molar-refractivity contribution in [2.45, 2.75) is 19.3 Å². The summed E-state index contributed by atoms with van der Waals surface area (Å²) in [5.74, 6) is 0.444. The standard InChI is InChI=1S/C21H19FN4/c1-21(2,17-7-9-18(22)10-8-17)14-24-20-12-11-19(25-26-20)16-5-3-15(13-23)4-6-16/h3-12H,14H2,1-2H3,(H,24,26). The van der Waals surface area contributed by atoms with Crippen molar-refractivity contribution in [2.75, 3.05) is 11.9 Å². The summed E-state index contributed by atoms with van der Waals surface area (Å²) in [6.45, 7) is 4.82. The van der Waals surface area contributed by atoms with Crippen LogP contribution in [-0.2, 0) is 5.41 Å². The van der Waals surface area contributed by atoms with Crippen LogP contribution in [0.5, 0.6) is 0 Å². The van der Waals surface area contributed by atoms with E-state index >= 15 is 0 Å². The molecule has 0 spiro atoms. The molecule has 1 N–H and O–H groups in total. The van der Waals surface area contributed by atoms with Crippen LogP contribution in [0, 0.1) is 17.1 Å². The predicted octanol–water partition coefficient (Wildman–Crippen LogP) is 4.54. The fourth-order valence-corrected chi connectivity index (χ4v) is 2.61. The van der Waals surface area contributed by atoms with Crippen molar-refractivity contribution in [3.8, 4) is 17.3 Å². The zero-order valence-electron chi connectivity index (χ0n) is 14.7. The van der Waals surface area contributed by atoms with Crippen molar-refractivity contribution < 1.29 is 4.39 Å². The van der Waals surface area contributed by atoms with E-state index in [1.165, 1.54) is 12.1 Å². The Hall–Kier alpha value is -3.26. The molecule has 0 radical (unpaired) electrons. The van der Waals surface area contributed by atoms with Gasteiger partial charge >= 0.3 is 0 Å². The summed E-state index contributed by atoms with van der Waals surface area (Å²) in [6.07, 6.45) is 0. The fourth-order valence-electron chi connectivity index (χ4n) is 2.61. The molecular weight excluding hydrogens is 327 g/mol. The van der Waals surface area contributed by atoms with Gasteiger partial charge in [0.15, 0.2) is 0 Å². The number of benzene rings is 2. The van der Waals surface area contributed by atoms with Gasteiger partial charge in [-0.15, -0.1) is 10.2 Å². The SMILES string of the molecule is CC(C)(CNc1ccc(-c2ccc(C#N)cc2)nn1)c1ccc(F)cc1. The Bertz CT molecular complexity index is 908. The third-order valence-corrected chi connectivity index (χ3v) is 4.31. The fraction of sp³-hybridized carbons (Fsp3) is 0.190. The Labute approximate surface area is 152 Å². The smallest absolute Gasteiger partial charge is 0.148 e. The van der Waals surface area contributed by atoms with Crippen LogP contribution in [0.3, 0.4) is 0 Å². The van der Waals surface area contributed by atoms with Gasteiger partial charge < -0.3 is 5.32 Å². The second-order valence-electron chi connectivity index (χ2n) is 6.74. The summed E-state index contributed by atoms with van der Waals surface area (Å²) in [5, 5.41) is 20.6. The molecule has 0 atom stereocenters. The number of anilines is 1. The Morgan fingerprint density at radius 2 is 1.65 bits per heavy atom. The number of nitriles is 1. The van der Waals surface area contributed by atoms with E-state index in [1.54, 1.807) is 24.3 Å². The molecule has 0 unspecified atom stereocenters. The summed E-state index contributed by atoms with van der Waals surface area (Å²) in [4.78, 5) is 0. The van der Waals surface area contributed by atoms with Gasteiger partial charge in [-0.2, -0.15) is 5.26 Å². The molecule has 3 rings (SSSR count). The van der Waals surface area contributed by atoms with E-state index in [0.29, 0.717) is 17.9 Å². The van der Waals surface area contributed by atoms with Gasteiger partial charge in [-0.3, -0.25) is 0 Å². The van der Waals surface area contributed by atoms with Crippen LogP contribution >= 0.6 is 0 Å². The number of hydrogen-bond donors (Lipinski definition) is 1. The van der Waals surface area contributed by atoms with Crippen molar-refractivity contribution in [2.24, 2.45) is 0 Å². The number of aromatic nitrogens is 2. The Morgan fingerprint density at radius 1 is 0.962 bits per heavy atom. The molecule has 1 heterocycles. The molecule has 0 aliphatic carbocycles. The number of nitrogens with zero attached hydrogens (tertiary/aromatic N) is 3. The summed E-state index contributed by atoms with van der Waals surface area (Å²) in [6, 6.07) is 19.6. The molecule has 0 bridgehead atoms. The summed E-state index contributed by atoms with van der Waals surface area (Å²) < 4.78 is 13.1. The Morgan fingerprint density at radius 3 is 2.23 bits per heavy atom. The highest BCUT2D eigenvalue weighted by atomic mass is 19.1. The molecule has 0 saturated carbocycles. The molecule has 3 aromatic rings. The van der Waals surface area contributed by atoms with E-state index in [-0.39, 0.29) is 11.2 Å². The summed E-state index contributed by atoms with van der Waals surface area (Å²) >= 11 is 0. The van der Waals surface area contributed by atoms with E-state index in [4.69, 9.17) is 5.26 Å². The van der Waals surface area contributed by atoms with E-state index in [9.17, 15) is 4.39 Å². The molecule has 2 aromatic carbocycles. The minimum atomic E-state index is -0.234. The van der Waals surface area contributed by atoms with E-state index in [0.717, 1.165) is 16.8 Å². The van der Waals surface area contributed by atoms with Gasteiger partial charge in [0, 0.05) is 17.5 Å². The van der Waals surface area contributed by atoms with Crippen molar-refractivity contribution in [3.63, 3.8) is 0 Å². The first-order valence-corrected chi connectivity index (χ1v) is 8.32. The number of halogens is 1. The molecule has 26 heavy (non-hydrogen) atoms. The minimum absolute atomic E-state index is 0.179. The van der Waals surface area contributed by atoms with Gasteiger partial charge in [0.05, 0.1) is 17.3 Å². The minimum Gasteiger partial charge on any atom is -0.368 e. The highest BCUT2D eigenvalue weighted by Crippen LogP contribution is 2.24. The quantitative estimate of drug-likeness (QED) is 0.736. The number of nitrogens with one attached hydrogen (secondary N) is 1. The zero-order chi connectivity index (χ0) is 18.6. The molecule has 0 saturated heterocycles. The van der Waals surface area contributed by atoms with Gasteiger partial charge in [-0.1, -0.05) is 38.1 Å². The first-order chi connectivity index (χ1) is 12.5. The first-order valence-electron chi connectivity index (χ1n) is 8.32. The summed E-state index contributed by atoms with van der Waals surface area (Å²) in [7, 11) is 0. The van der Waals surface area contributed by atoms with Crippen molar-refractivity contribution in [1.29, 1.82) is 5.26 Å². The van der Waals surface area contributed by atoms with E-state index < -0.39 is 0 Å². The Kier molecular flexibility index (Phi) is 4.94. The monoisotopic (exact) mass is 346 g/mol. The predicted molar refractivity (Wildman–Crippen MR) is 100 cm³/mol. The van der Waals surface area contributed by atoms with E-state index in [2.05, 4.69) is 35.4 Å². The van der Waals surface area contributed by atoms with Gasteiger partial charge in [0.1, 0.15) is 11.6 Å². The third-order valence-electron chi connectivity index (χ3n) is 4.31. The van der Waals surface area contributed by atoms with Crippen LogP contribution in [0.1, 0.15) is 25.0 Å². The molecular formula is C21H19FN4. The van der Waals surface area contributed by atoms with Crippen molar-refractivity contribution in [1.82, 2.24) is 10.2 Å². The maximum atomic E-state index is 13.1. The van der Waals surface area contributed by atoms with Crippen LogP contribution < -0.4 is 5.32 Å². The maximum Gasteiger partial charge on any atom is 0.148 e. The largest absolute Gasteiger partial charge is 0.368 e. The first kappa shape index (κ1) is 17.6. The molecule has 0 aliphatic heterocycles. The highest BCUT2D eigenvalue weighted by Gasteiger charge is 2.20. The Balaban J connectivity index is 1.67. The number of rotatable bonds is 5. The van der Waals surface area contributed by atoms with Crippen LogP contribution in [0.25, 0.3) is 11.3 Å². The lowest BCUT2D eigenvalue weighted by Crippen LogP contribution is -2.28. The summed E-state index contributed by atoms with van der Waals surface area (Å²) in [5.41, 5.74) is 3.14. The molecule has 0 fully saturated rings. The van der Waals surface area contributed by atoms with Crippen molar-refractivity contribution >= 4 is 5.82 Å². The van der Waals surface area contributed by atoms with Crippen LogP contribution in [0.4, 0.5) is 10.2 Å². The van der Waals surface area contributed by atoms with Crippen LogP contribution in [0.15, 0.2) is 60.7 Å². The topological polar surface area (TPSA) is 61.6 Å². The van der Waals surface area contributed by atoms with E-state index in [1.807, 2.05) is 24.3 Å². The maximum absolute atomic E-state index is 13.1. The second-order valence-corrected chi connectivity index (χ2v) is 6.74. The molecule has 130 valence electrons. The molecule has 0 aliphatic rings. The van der Waals surface area contributed by atoms with Crippen LogP contribution in [-0.4, -0.2) is 16.7 Å². The highest BCUT2D eigenvalue weighted by molar-refractivity contribution is 5.60. The average Bonchev–Trinajstić information content (AvgIpc) is 2.67. The van der Waals surface area contributed by atoms with Gasteiger partial charge in [-0.25, -0.2) is 4.39 Å². The lowest BCUT2D eigenvalue weighted by Gasteiger charge is -2.25. The average molecular weight is 346 g/mol. The molecule has 1 aromatic heterocycles. The third kappa shape index (κ3) is 4.04. The lowest BCUT2D eigenvalue weighted by molar-refractivity contribution is 0.552. The molecule has 5 heteroatoms. The van der Waals surface area contributed by atoms with Gasteiger partial charge in [0.2, 0.25) is 0 Å². The van der Waals surface area contributed by atoms with Crippen LogP contribution in [0.2, 0.25) is 0 Å². The molecule has 0 amide bonds. The number of hydrogen-bond acceptors (Lipinski definition) is 4. The lowest BCUT2D eigenvalue weighted by atomic mass is 9.84. The van der Waals surface area contributed by atoms with Gasteiger partial charge in [0.25, 0.3) is 0 Å². The van der Waals surface area contributed by atoms with Crippen molar-refractivity contribution in [3.05, 3.63) is 77.6 Å². The second kappa shape index (κ2) is 7.32. The normalized spacial score (nSPS) is 11.0. The molecule has 4 nitrogen and oxygen atoms in total. The van der Waals surface area contributed by atoms with Gasteiger partial charge in [-0.05, 0) is 42.0 Å².